The monoisotopic (exact) mass is 377 g/mol. The van der Waals surface area contributed by atoms with Crippen molar-refractivity contribution in [1.29, 1.82) is 0 Å². The molecule has 1 aliphatic heterocycles. The number of aromatic nitrogens is 1. The average Bonchev–Trinajstić information content (AvgIpc) is 3.47. The molecule has 0 atom stereocenters. The van der Waals surface area contributed by atoms with Gasteiger partial charge in [-0.2, -0.15) is 0 Å². The van der Waals surface area contributed by atoms with E-state index in [1.807, 2.05) is 11.9 Å². The summed E-state index contributed by atoms with van der Waals surface area (Å²) in [5, 5.41) is 9.27. The fourth-order valence-electron chi connectivity index (χ4n) is 3.85. The van der Waals surface area contributed by atoms with Crippen LogP contribution >= 0.6 is 0 Å². The molecule has 0 bridgehead atoms. The minimum Gasteiger partial charge on any atom is -0.477 e. The van der Waals surface area contributed by atoms with Crippen molar-refractivity contribution in [2.75, 3.05) is 38.1 Å². The number of anilines is 1. The maximum atomic E-state index is 15.0. The van der Waals surface area contributed by atoms with Crippen LogP contribution in [-0.2, 0) is 6.67 Å². The van der Waals surface area contributed by atoms with Crippen LogP contribution in [0.1, 0.15) is 34.8 Å². The molecule has 8 heteroatoms. The SMILES string of the molecule is CN1CCN(c2c(F)cc3c(=O)c(C(=O)O)cn(C4CC4)c3c2CF)CC1. The molecule has 1 saturated heterocycles. The summed E-state index contributed by atoms with van der Waals surface area (Å²) in [6, 6.07) is 1.10. The lowest BCUT2D eigenvalue weighted by Gasteiger charge is -2.35. The smallest absolute Gasteiger partial charge is 0.341 e. The highest BCUT2D eigenvalue weighted by Gasteiger charge is 2.31. The number of rotatable bonds is 4. The summed E-state index contributed by atoms with van der Waals surface area (Å²) in [5.74, 6) is -2.04. The first-order valence-electron chi connectivity index (χ1n) is 9.05. The van der Waals surface area contributed by atoms with Gasteiger partial charge in [0.1, 0.15) is 18.1 Å². The number of aromatic carboxylic acids is 1. The number of alkyl halides is 1. The number of pyridine rings is 1. The molecule has 2 aliphatic rings. The van der Waals surface area contributed by atoms with Gasteiger partial charge in [0.2, 0.25) is 5.43 Å². The van der Waals surface area contributed by atoms with Crippen LogP contribution in [0, 0.1) is 5.82 Å². The second-order valence-electron chi connectivity index (χ2n) is 7.32. The molecule has 1 saturated carbocycles. The number of likely N-dealkylation sites (N-methyl/N-ethyl adjacent to an activating group) is 1. The Labute approximate surface area is 154 Å². The van der Waals surface area contributed by atoms with E-state index in [1.54, 1.807) is 4.57 Å². The van der Waals surface area contributed by atoms with Gasteiger partial charge in [0.05, 0.1) is 11.2 Å². The molecule has 1 aliphatic carbocycles. The van der Waals surface area contributed by atoms with Gasteiger partial charge in [0.25, 0.3) is 0 Å². The van der Waals surface area contributed by atoms with Crippen molar-refractivity contribution in [1.82, 2.24) is 9.47 Å². The largest absolute Gasteiger partial charge is 0.477 e. The van der Waals surface area contributed by atoms with Crippen LogP contribution in [0.3, 0.4) is 0 Å². The molecule has 2 heterocycles. The minimum absolute atomic E-state index is 0.0160. The van der Waals surface area contributed by atoms with E-state index in [1.165, 1.54) is 6.20 Å². The van der Waals surface area contributed by atoms with Gasteiger partial charge in [-0.3, -0.25) is 4.79 Å². The predicted octanol–water partition coefficient (Wildman–Crippen LogP) is 2.40. The molecule has 1 aromatic heterocycles. The normalized spacial score (nSPS) is 18.3. The van der Waals surface area contributed by atoms with Gasteiger partial charge in [-0.25, -0.2) is 13.6 Å². The summed E-state index contributed by atoms with van der Waals surface area (Å²) in [5.41, 5.74) is -0.533. The van der Waals surface area contributed by atoms with Gasteiger partial charge in [-0.1, -0.05) is 0 Å². The van der Waals surface area contributed by atoms with Gasteiger partial charge in [-0.05, 0) is 26.0 Å². The van der Waals surface area contributed by atoms with Crippen LogP contribution < -0.4 is 10.3 Å². The summed E-state index contributed by atoms with van der Waals surface area (Å²) in [4.78, 5) is 28.0. The van der Waals surface area contributed by atoms with Gasteiger partial charge < -0.3 is 19.5 Å². The summed E-state index contributed by atoms with van der Waals surface area (Å²) < 4.78 is 30.8. The lowest BCUT2D eigenvalue weighted by molar-refractivity contribution is 0.0695. The van der Waals surface area contributed by atoms with E-state index < -0.39 is 29.5 Å². The van der Waals surface area contributed by atoms with E-state index in [-0.39, 0.29) is 22.7 Å². The molecule has 144 valence electrons. The maximum absolute atomic E-state index is 15.0. The van der Waals surface area contributed by atoms with Crippen molar-refractivity contribution in [3.63, 3.8) is 0 Å². The Bertz CT molecular complexity index is 977. The Morgan fingerprint density at radius 1 is 1.26 bits per heavy atom. The number of benzene rings is 1. The summed E-state index contributed by atoms with van der Waals surface area (Å²) >= 11 is 0. The third kappa shape index (κ3) is 2.97. The van der Waals surface area contributed by atoms with Gasteiger partial charge >= 0.3 is 5.97 Å². The number of hydrogen-bond acceptors (Lipinski definition) is 4. The first kappa shape index (κ1) is 17.9. The summed E-state index contributed by atoms with van der Waals surface area (Å²) in [7, 11) is 1.97. The number of halogens is 2. The van der Waals surface area contributed by atoms with E-state index in [0.717, 1.165) is 32.0 Å². The molecule has 4 rings (SSSR count). The molecule has 0 radical (unpaired) electrons. The zero-order valence-electron chi connectivity index (χ0n) is 15.0. The number of carbonyl (C=O) groups is 1. The lowest BCUT2D eigenvalue weighted by Crippen LogP contribution is -2.45. The second kappa shape index (κ2) is 6.60. The highest BCUT2D eigenvalue weighted by molar-refractivity contribution is 5.95. The number of carboxylic acid groups (broad SMARTS) is 1. The van der Waals surface area contributed by atoms with E-state index in [2.05, 4.69) is 4.90 Å². The molecule has 0 unspecified atom stereocenters. The number of piperazine rings is 1. The maximum Gasteiger partial charge on any atom is 0.341 e. The van der Waals surface area contributed by atoms with Gasteiger partial charge in [0, 0.05) is 49.4 Å². The Balaban J connectivity index is 2.00. The number of carboxylic acids is 1. The van der Waals surface area contributed by atoms with Gasteiger partial charge in [0.15, 0.2) is 0 Å². The average molecular weight is 377 g/mol. The first-order chi connectivity index (χ1) is 12.9. The van der Waals surface area contributed by atoms with Crippen molar-refractivity contribution in [3.05, 3.63) is 39.4 Å². The zero-order chi connectivity index (χ0) is 19.3. The molecule has 2 aromatic rings. The molecule has 1 aromatic carbocycles. The van der Waals surface area contributed by atoms with E-state index >= 15 is 0 Å². The zero-order valence-corrected chi connectivity index (χ0v) is 15.0. The Kier molecular flexibility index (Phi) is 4.38. The lowest BCUT2D eigenvalue weighted by atomic mass is 10.0. The Morgan fingerprint density at radius 2 is 1.93 bits per heavy atom. The Hall–Kier alpha value is -2.48. The van der Waals surface area contributed by atoms with Crippen LogP contribution in [0.5, 0.6) is 0 Å². The number of fused-ring (bicyclic) bond motifs is 1. The van der Waals surface area contributed by atoms with Crippen molar-refractivity contribution < 1.29 is 18.7 Å². The third-order valence-electron chi connectivity index (χ3n) is 5.46. The quantitative estimate of drug-likeness (QED) is 0.886. The van der Waals surface area contributed by atoms with Crippen LogP contribution in [0.15, 0.2) is 17.1 Å². The predicted molar refractivity (Wildman–Crippen MR) is 97.9 cm³/mol. The fraction of sp³-hybridized carbons (Fsp3) is 0.474. The fourth-order valence-corrected chi connectivity index (χ4v) is 3.85. The number of hydrogen-bond donors (Lipinski definition) is 1. The minimum atomic E-state index is -1.36. The topological polar surface area (TPSA) is 65.8 Å². The van der Waals surface area contributed by atoms with Crippen LogP contribution in [0.2, 0.25) is 0 Å². The van der Waals surface area contributed by atoms with Crippen LogP contribution in [0.4, 0.5) is 14.5 Å². The van der Waals surface area contributed by atoms with Gasteiger partial charge in [-0.15, -0.1) is 0 Å². The van der Waals surface area contributed by atoms with Crippen LogP contribution in [-0.4, -0.2) is 53.8 Å². The molecule has 2 fully saturated rings. The van der Waals surface area contributed by atoms with Crippen LogP contribution in [0.25, 0.3) is 10.9 Å². The standard InChI is InChI=1S/C19H21F2N3O3/c1-22-4-6-23(7-5-22)17-13(9-20)16-12(8-15(17)21)18(25)14(19(26)27)10-24(16)11-2-3-11/h8,10-11H,2-7,9H2,1H3,(H,26,27). The third-order valence-corrected chi connectivity index (χ3v) is 5.46. The first-order valence-corrected chi connectivity index (χ1v) is 9.05. The van der Waals surface area contributed by atoms with Crippen molar-refractivity contribution >= 4 is 22.6 Å². The molecular weight excluding hydrogens is 356 g/mol. The summed E-state index contributed by atoms with van der Waals surface area (Å²) in [6.07, 6.45) is 2.93. The molecule has 27 heavy (non-hydrogen) atoms. The number of nitrogens with zero attached hydrogens (tertiary/aromatic N) is 3. The summed E-state index contributed by atoms with van der Waals surface area (Å²) in [6.45, 7) is 1.67. The molecule has 0 spiro atoms. The second-order valence-corrected chi connectivity index (χ2v) is 7.32. The molecule has 1 N–H and O–H groups in total. The van der Waals surface area contributed by atoms with Crippen molar-refractivity contribution in [3.8, 4) is 0 Å². The van der Waals surface area contributed by atoms with Crippen molar-refractivity contribution in [2.24, 2.45) is 0 Å². The van der Waals surface area contributed by atoms with Crippen molar-refractivity contribution in [2.45, 2.75) is 25.6 Å². The van der Waals surface area contributed by atoms with E-state index in [0.29, 0.717) is 18.6 Å². The van der Waals surface area contributed by atoms with E-state index in [9.17, 15) is 23.5 Å². The highest BCUT2D eigenvalue weighted by Crippen LogP contribution is 2.40. The molecule has 0 amide bonds. The molecular formula is C19H21F2N3O3. The Morgan fingerprint density at radius 3 is 2.48 bits per heavy atom. The highest BCUT2D eigenvalue weighted by atomic mass is 19.1. The van der Waals surface area contributed by atoms with E-state index in [4.69, 9.17) is 0 Å². The molecule has 6 nitrogen and oxygen atoms in total.